The number of hydrogen-bond acceptors (Lipinski definition) is 4. The Bertz CT molecular complexity index is 1090. The fourth-order valence-electron chi connectivity index (χ4n) is 6.62. The summed E-state index contributed by atoms with van der Waals surface area (Å²) in [4.78, 5) is 15.6. The second-order valence-electron chi connectivity index (χ2n) is 12.5. The van der Waals surface area contributed by atoms with Gasteiger partial charge in [0.15, 0.2) is 0 Å². The molecule has 0 unspecified atom stereocenters. The van der Waals surface area contributed by atoms with Crippen molar-refractivity contribution in [2.75, 3.05) is 32.8 Å². The Balaban J connectivity index is 2.21. The van der Waals surface area contributed by atoms with Gasteiger partial charge in [-0.2, -0.15) is 0 Å². The molecule has 2 N–H and O–H groups in total. The molecule has 0 aliphatic heterocycles. The van der Waals surface area contributed by atoms with Gasteiger partial charge in [0, 0.05) is 24.2 Å². The van der Waals surface area contributed by atoms with Crippen molar-refractivity contribution in [2.45, 2.75) is 119 Å². The van der Waals surface area contributed by atoms with Crippen LogP contribution >= 0.6 is 0 Å². The number of amides is 1. The maximum absolute atomic E-state index is 13.2. The summed E-state index contributed by atoms with van der Waals surface area (Å²) in [5.41, 5.74) is 3.43. The standard InChI is InChI=1S/C36H61N3O3/c1-11-35(12-2,33-21-19-31(39(33)15-5)34(40)37-23-17-24-38(13-3)14-4)30-18-20-32(29(10)26-30)42-25-16-22-36(41,27(6)7)28(8)9/h18-21,26-28,41H,11-17,22-25H2,1-10H3,(H,37,40). The highest BCUT2D eigenvalue weighted by atomic mass is 16.5. The highest BCUT2D eigenvalue weighted by Crippen LogP contribution is 2.41. The second-order valence-corrected chi connectivity index (χ2v) is 12.5. The topological polar surface area (TPSA) is 66.7 Å². The molecule has 2 rings (SSSR count). The first-order valence-electron chi connectivity index (χ1n) is 16.6. The molecule has 6 heteroatoms. The number of nitrogens with one attached hydrogen (secondary N) is 1. The molecule has 1 aromatic carbocycles. The van der Waals surface area contributed by atoms with Crippen LogP contribution in [0.5, 0.6) is 5.75 Å². The molecule has 0 aliphatic rings. The molecular formula is C36H61N3O3. The molecule has 1 heterocycles. The van der Waals surface area contributed by atoms with Crippen molar-refractivity contribution in [3.05, 3.63) is 52.8 Å². The van der Waals surface area contributed by atoms with Gasteiger partial charge in [-0.25, -0.2) is 0 Å². The van der Waals surface area contributed by atoms with E-state index in [0.717, 1.165) is 75.3 Å². The SMILES string of the molecule is CCN(CC)CCCNC(=O)c1ccc(C(CC)(CC)c2ccc(OCCCC(O)(C(C)C)C(C)C)c(C)c2)n1CC. The number of aromatic nitrogens is 1. The minimum Gasteiger partial charge on any atom is -0.493 e. The van der Waals surface area contributed by atoms with Crippen molar-refractivity contribution in [2.24, 2.45) is 11.8 Å². The maximum Gasteiger partial charge on any atom is 0.267 e. The number of ether oxygens (including phenoxy) is 1. The number of rotatable bonds is 19. The lowest BCUT2D eigenvalue weighted by Gasteiger charge is -2.36. The van der Waals surface area contributed by atoms with E-state index in [-0.39, 0.29) is 23.2 Å². The molecule has 238 valence electrons. The fourth-order valence-corrected chi connectivity index (χ4v) is 6.62. The summed E-state index contributed by atoms with van der Waals surface area (Å²) in [7, 11) is 0. The summed E-state index contributed by atoms with van der Waals surface area (Å²) < 4.78 is 8.42. The molecule has 6 nitrogen and oxygen atoms in total. The van der Waals surface area contributed by atoms with E-state index in [9.17, 15) is 9.90 Å². The van der Waals surface area contributed by atoms with Gasteiger partial charge in [-0.1, -0.05) is 67.5 Å². The van der Waals surface area contributed by atoms with E-state index in [4.69, 9.17) is 4.74 Å². The van der Waals surface area contributed by atoms with Crippen LogP contribution in [-0.4, -0.2) is 58.9 Å². The zero-order valence-corrected chi connectivity index (χ0v) is 28.5. The van der Waals surface area contributed by atoms with Gasteiger partial charge in [0.1, 0.15) is 11.4 Å². The van der Waals surface area contributed by atoms with Crippen molar-refractivity contribution < 1.29 is 14.6 Å². The first-order valence-corrected chi connectivity index (χ1v) is 16.6. The van der Waals surface area contributed by atoms with E-state index in [1.807, 2.05) is 6.07 Å². The van der Waals surface area contributed by atoms with Gasteiger partial charge in [0.2, 0.25) is 0 Å². The van der Waals surface area contributed by atoms with Gasteiger partial charge in [-0.15, -0.1) is 0 Å². The zero-order valence-electron chi connectivity index (χ0n) is 28.5. The highest BCUT2D eigenvalue weighted by Gasteiger charge is 2.36. The van der Waals surface area contributed by atoms with Crippen molar-refractivity contribution in [1.29, 1.82) is 0 Å². The Morgan fingerprint density at radius 1 is 0.976 bits per heavy atom. The van der Waals surface area contributed by atoms with Crippen molar-refractivity contribution in [3.8, 4) is 5.75 Å². The van der Waals surface area contributed by atoms with Crippen LogP contribution in [0.2, 0.25) is 0 Å². The Morgan fingerprint density at radius 2 is 1.62 bits per heavy atom. The molecule has 42 heavy (non-hydrogen) atoms. The van der Waals surface area contributed by atoms with Crippen LogP contribution in [0.1, 0.15) is 122 Å². The fraction of sp³-hybridized carbons (Fsp3) is 0.694. The van der Waals surface area contributed by atoms with Crippen LogP contribution < -0.4 is 10.1 Å². The lowest BCUT2D eigenvalue weighted by molar-refractivity contribution is -0.0569. The largest absolute Gasteiger partial charge is 0.493 e. The monoisotopic (exact) mass is 583 g/mol. The van der Waals surface area contributed by atoms with Gasteiger partial charge in [-0.05, 0) is 107 Å². The quantitative estimate of drug-likeness (QED) is 0.167. The molecule has 0 saturated heterocycles. The first-order chi connectivity index (χ1) is 19.9. The lowest BCUT2D eigenvalue weighted by atomic mass is 9.72. The average Bonchev–Trinajstić information content (AvgIpc) is 3.41. The van der Waals surface area contributed by atoms with E-state index in [1.54, 1.807) is 0 Å². The van der Waals surface area contributed by atoms with Gasteiger partial charge in [0.25, 0.3) is 5.91 Å². The Hall–Kier alpha value is -2.31. The molecule has 0 atom stereocenters. The van der Waals surface area contributed by atoms with E-state index in [0.29, 0.717) is 13.2 Å². The van der Waals surface area contributed by atoms with Crippen LogP contribution in [-0.2, 0) is 12.0 Å². The van der Waals surface area contributed by atoms with Crippen molar-refractivity contribution in [3.63, 3.8) is 0 Å². The third-order valence-corrected chi connectivity index (χ3v) is 9.76. The summed E-state index contributed by atoms with van der Waals surface area (Å²) in [5, 5.41) is 14.3. The number of aryl methyl sites for hydroxylation is 1. The van der Waals surface area contributed by atoms with Crippen LogP contribution in [0.3, 0.4) is 0 Å². The normalized spacial score (nSPS) is 12.5. The summed E-state index contributed by atoms with van der Waals surface area (Å²) in [6, 6.07) is 10.7. The second kappa shape index (κ2) is 16.5. The zero-order chi connectivity index (χ0) is 31.5. The molecule has 1 amide bonds. The predicted octanol–water partition coefficient (Wildman–Crippen LogP) is 7.59. The number of hydrogen-bond donors (Lipinski definition) is 2. The van der Waals surface area contributed by atoms with Crippen LogP contribution in [0.15, 0.2) is 30.3 Å². The van der Waals surface area contributed by atoms with E-state index < -0.39 is 5.60 Å². The van der Waals surface area contributed by atoms with Crippen LogP contribution in [0.25, 0.3) is 0 Å². The summed E-state index contributed by atoms with van der Waals surface area (Å²) in [6.07, 6.45) is 4.35. The summed E-state index contributed by atoms with van der Waals surface area (Å²) in [5.74, 6) is 1.32. The van der Waals surface area contributed by atoms with Gasteiger partial charge < -0.3 is 24.6 Å². The number of nitrogens with zero attached hydrogens (tertiary/aromatic N) is 2. The molecule has 0 aliphatic carbocycles. The number of benzene rings is 1. The third kappa shape index (κ3) is 8.19. The van der Waals surface area contributed by atoms with Crippen molar-refractivity contribution in [1.82, 2.24) is 14.8 Å². The number of carbonyl (C=O) groups excluding carboxylic acids is 1. The molecule has 0 saturated carbocycles. The minimum absolute atomic E-state index is 0.00510. The highest BCUT2D eigenvalue weighted by molar-refractivity contribution is 5.93. The van der Waals surface area contributed by atoms with E-state index >= 15 is 0 Å². The van der Waals surface area contributed by atoms with Gasteiger partial charge in [-0.3, -0.25) is 4.79 Å². The molecule has 0 spiro atoms. The number of carbonyl (C=O) groups is 1. The predicted molar refractivity (Wildman–Crippen MR) is 177 cm³/mol. The van der Waals surface area contributed by atoms with E-state index in [2.05, 4.69) is 108 Å². The number of aliphatic hydroxyl groups is 1. The first kappa shape index (κ1) is 35.9. The lowest BCUT2D eigenvalue weighted by Crippen LogP contribution is -2.40. The summed E-state index contributed by atoms with van der Waals surface area (Å²) >= 11 is 0. The van der Waals surface area contributed by atoms with Crippen molar-refractivity contribution >= 4 is 5.91 Å². The van der Waals surface area contributed by atoms with Gasteiger partial charge >= 0.3 is 0 Å². The average molecular weight is 584 g/mol. The molecule has 0 fully saturated rings. The van der Waals surface area contributed by atoms with Gasteiger partial charge in [0.05, 0.1) is 12.2 Å². The Labute approximate surface area is 257 Å². The maximum atomic E-state index is 13.2. The van der Waals surface area contributed by atoms with Crippen LogP contribution in [0.4, 0.5) is 0 Å². The smallest absolute Gasteiger partial charge is 0.267 e. The Kier molecular flexibility index (Phi) is 14.1. The summed E-state index contributed by atoms with van der Waals surface area (Å²) in [6.45, 7) is 26.5. The van der Waals surface area contributed by atoms with E-state index in [1.165, 1.54) is 11.3 Å². The third-order valence-electron chi connectivity index (χ3n) is 9.76. The Morgan fingerprint density at radius 3 is 2.14 bits per heavy atom. The molecule has 2 aromatic rings. The van der Waals surface area contributed by atoms with Crippen LogP contribution in [0, 0.1) is 18.8 Å². The molecular weight excluding hydrogens is 522 g/mol. The minimum atomic E-state index is -0.667. The molecule has 1 aromatic heterocycles. The molecule has 0 radical (unpaired) electrons. The molecule has 0 bridgehead atoms.